The summed E-state index contributed by atoms with van der Waals surface area (Å²) in [6, 6.07) is 18.6. The van der Waals surface area contributed by atoms with Crippen LogP contribution in [0.25, 0.3) is 11.1 Å². The van der Waals surface area contributed by atoms with Crippen molar-refractivity contribution in [3.05, 3.63) is 60.2 Å². The van der Waals surface area contributed by atoms with Gasteiger partial charge in [-0.15, -0.1) is 0 Å². The van der Waals surface area contributed by atoms with Crippen molar-refractivity contribution in [3.8, 4) is 11.1 Å². The third-order valence-electron chi connectivity index (χ3n) is 5.46. The van der Waals surface area contributed by atoms with E-state index in [2.05, 4.69) is 36.4 Å². The number of carbonyl (C=O) groups excluding carboxylic acids is 3. The number of benzene rings is 2. The first-order valence-electron chi connectivity index (χ1n) is 8.43. The third-order valence-corrected chi connectivity index (χ3v) is 5.46. The van der Waals surface area contributed by atoms with Gasteiger partial charge in [0, 0.05) is 11.8 Å². The lowest BCUT2D eigenvalue weighted by atomic mass is 9.73. The minimum atomic E-state index is -0.773. The van der Waals surface area contributed by atoms with Crippen LogP contribution in [-0.4, -0.2) is 17.3 Å². The molecule has 2 aliphatic carbocycles. The third kappa shape index (κ3) is 2.41. The van der Waals surface area contributed by atoms with Crippen molar-refractivity contribution < 1.29 is 14.4 Å². The van der Waals surface area contributed by atoms with Crippen molar-refractivity contribution in [3.63, 3.8) is 0 Å². The van der Waals surface area contributed by atoms with Crippen LogP contribution in [0.15, 0.2) is 54.6 Å². The van der Waals surface area contributed by atoms with Gasteiger partial charge in [0.05, 0.1) is 0 Å². The van der Waals surface area contributed by atoms with Crippen molar-refractivity contribution >= 4 is 17.3 Å². The van der Waals surface area contributed by atoms with Crippen LogP contribution >= 0.6 is 0 Å². The van der Waals surface area contributed by atoms with E-state index < -0.39 is 23.3 Å². The standard InChI is InChI=1S/C21H18O3/c22-19-17-11-10-16(12-18(17)20(23)21(19)24)15-8-6-14(7-9-15)13-4-2-1-3-5-13/h1-9,16-18H,10-12H2. The van der Waals surface area contributed by atoms with Crippen molar-refractivity contribution in [1.82, 2.24) is 0 Å². The second kappa shape index (κ2) is 5.82. The van der Waals surface area contributed by atoms with E-state index in [1.54, 1.807) is 0 Å². The molecule has 0 bridgehead atoms. The maximum absolute atomic E-state index is 12.0. The summed E-state index contributed by atoms with van der Waals surface area (Å²) in [5.74, 6) is -2.19. The molecule has 2 aromatic rings. The fourth-order valence-electron chi connectivity index (χ4n) is 4.11. The first-order chi connectivity index (χ1) is 11.6. The molecule has 0 saturated heterocycles. The predicted molar refractivity (Wildman–Crippen MR) is 90.5 cm³/mol. The molecule has 3 nitrogen and oxygen atoms in total. The molecule has 2 saturated carbocycles. The zero-order valence-corrected chi connectivity index (χ0v) is 13.3. The molecule has 0 heterocycles. The SMILES string of the molecule is O=C1C(=O)C2CCC(c3ccc(-c4ccccc4)cc3)CC2C1=O. The van der Waals surface area contributed by atoms with Gasteiger partial charge in [-0.05, 0) is 41.9 Å². The van der Waals surface area contributed by atoms with E-state index in [-0.39, 0.29) is 11.8 Å². The summed E-state index contributed by atoms with van der Waals surface area (Å²) in [6.07, 6.45) is 2.12. The summed E-state index contributed by atoms with van der Waals surface area (Å²) >= 11 is 0. The molecular formula is C21H18O3. The van der Waals surface area contributed by atoms with Crippen molar-refractivity contribution in [2.45, 2.75) is 25.2 Å². The predicted octanol–water partition coefficient (Wildman–Crippen LogP) is 3.57. The average Bonchev–Trinajstić information content (AvgIpc) is 2.86. The molecule has 24 heavy (non-hydrogen) atoms. The van der Waals surface area contributed by atoms with E-state index in [0.717, 1.165) is 12.0 Å². The van der Waals surface area contributed by atoms with Crippen LogP contribution in [0.1, 0.15) is 30.7 Å². The lowest BCUT2D eigenvalue weighted by Crippen LogP contribution is -2.26. The minimum Gasteiger partial charge on any atom is -0.290 e. The van der Waals surface area contributed by atoms with E-state index in [1.807, 2.05) is 18.2 Å². The normalized spacial score (nSPS) is 26.5. The topological polar surface area (TPSA) is 51.2 Å². The van der Waals surface area contributed by atoms with E-state index in [9.17, 15) is 14.4 Å². The molecule has 0 aromatic heterocycles. The number of carbonyl (C=O) groups is 3. The fraction of sp³-hybridized carbons (Fsp3) is 0.286. The highest BCUT2D eigenvalue weighted by molar-refractivity contribution is 6.68. The Kier molecular flexibility index (Phi) is 3.64. The maximum Gasteiger partial charge on any atom is 0.264 e. The summed E-state index contributed by atoms with van der Waals surface area (Å²) in [5, 5.41) is 0. The van der Waals surface area contributed by atoms with Crippen LogP contribution in [0.4, 0.5) is 0 Å². The van der Waals surface area contributed by atoms with Gasteiger partial charge in [-0.3, -0.25) is 14.4 Å². The fourth-order valence-corrected chi connectivity index (χ4v) is 4.11. The zero-order chi connectivity index (χ0) is 16.7. The summed E-state index contributed by atoms with van der Waals surface area (Å²) in [7, 11) is 0. The van der Waals surface area contributed by atoms with Gasteiger partial charge in [-0.1, -0.05) is 54.6 Å². The molecule has 2 aliphatic rings. The van der Waals surface area contributed by atoms with Crippen LogP contribution in [0.5, 0.6) is 0 Å². The first kappa shape index (κ1) is 15.0. The highest BCUT2D eigenvalue weighted by atomic mass is 16.2. The highest BCUT2D eigenvalue weighted by Crippen LogP contribution is 2.43. The zero-order valence-electron chi connectivity index (χ0n) is 13.3. The molecule has 0 amide bonds. The van der Waals surface area contributed by atoms with Gasteiger partial charge in [-0.25, -0.2) is 0 Å². The number of ketones is 3. The van der Waals surface area contributed by atoms with Gasteiger partial charge in [0.15, 0.2) is 0 Å². The molecule has 0 spiro atoms. The maximum atomic E-state index is 12.0. The van der Waals surface area contributed by atoms with Crippen molar-refractivity contribution in [2.75, 3.05) is 0 Å². The number of Topliss-reactive ketones (excluding diaryl/α,β-unsaturated/α-hetero) is 3. The Hall–Kier alpha value is -2.55. The summed E-state index contributed by atoms with van der Waals surface area (Å²) in [6.45, 7) is 0. The van der Waals surface area contributed by atoms with Crippen molar-refractivity contribution in [2.24, 2.45) is 11.8 Å². The van der Waals surface area contributed by atoms with Crippen LogP contribution in [0.3, 0.4) is 0 Å². The Morgan fingerprint density at radius 1 is 0.667 bits per heavy atom. The minimum absolute atomic E-state index is 0.249. The van der Waals surface area contributed by atoms with E-state index in [1.165, 1.54) is 11.1 Å². The Balaban J connectivity index is 1.54. The Morgan fingerprint density at radius 3 is 2.00 bits per heavy atom. The number of hydrogen-bond acceptors (Lipinski definition) is 3. The summed E-state index contributed by atoms with van der Waals surface area (Å²) in [4.78, 5) is 35.4. The Morgan fingerprint density at radius 2 is 1.29 bits per heavy atom. The molecule has 3 heteroatoms. The highest BCUT2D eigenvalue weighted by Gasteiger charge is 2.50. The van der Waals surface area contributed by atoms with Gasteiger partial charge in [0.1, 0.15) is 0 Å². The van der Waals surface area contributed by atoms with Gasteiger partial charge in [-0.2, -0.15) is 0 Å². The molecule has 2 fully saturated rings. The second-order valence-electron chi connectivity index (χ2n) is 6.77. The molecule has 3 unspecified atom stereocenters. The van der Waals surface area contributed by atoms with Crippen molar-refractivity contribution in [1.29, 1.82) is 0 Å². The van der Waals surface area contributed by atoms with Crippen LogP contribution in [0, 0.1) is 11.8 Å². The van der Waals surface area contributed by atoms with Gasteiger partial charge < -0.3 is 0 Å². The van der Waals surface area contributed by atoms with E-state index >= 15 is 0 Å². The number of rotatable bonds is 2. The molecule has 0 radical (unpaired) electrons. The summed E-state index contributed by atoms with van der Waals surface area (Å²) in [5.41, 5.74) is 3.53. The Labute approximate surface area is 140 Å². The molecule has 0 N–H and O–H groups in total. The molecule has 0 aliphatic heterocycles. The van der Waals surface area contributed by atoms with E-state index in [4.69, 9.17) is 0 Å². The van der Waals surface area contributed by atoms with E-state index in [0.29, 0.717) is 12.8 Å². The molecule has 3 atom stereocenters. The van der Waals surface area contributed by atoms with Crippen LogP contribution in [-0.2, 0) is 14.4 Å². The first-order valence-corrected chi connectivity index (χ1v) is 8.43. The number of hydrogen-bond donors (Lipinski definition) is 0. The lowest BCUT2D eigenvalue weighted by molar-refractivity contribution is -0.141. The quantitative estimate of drug-likeness (QED) is 0.795. The number of fused-ring (bicyclic) bond motifs is 1. The lowest BCUT2D eigenvalue weighted by Gasteiger charge is -2.29. The molecule has 2 aromatic carbocycles. The molecule has 4 rings (SSSR count). The monoisotopic (exact) mass is 318 g/mol. The van der Waals surface area contributed by atoms with Gasteiger partial charge >= 0.3 is 0 Å². The average molecular weight is 318 g/mol. The van der Waals surface area contributed by atoms with Gasteiger partial charge in [0.2, 0.25) is 11.6 Å². The van der Waals surface area contributed by atoms with Crippen LogP contribution in [0.2, 0.25) is 0 Å². The van der Waals surface area contributed by atoms with Gasteiger partial charge in [0.25, 0.3) is 5.78 Å². The largest absolute Gasteiger partial charge is 0.290 e. The second-order valence-corrected chi connectivity index (χ2v) is 6.77. The smallest absolute Gasteiger partial charge is 0.264 e. The molecule has 120 valence electrons. The van der Waals surface area contributed by atoms with Crippen LogP contribution < -0.4 is 0 Å². The Bertz CT molecular complexity index is 805. The summed E-state index contributed by atoms with van der Waals surface area (Å²) < 4.78 is 0. The molecular weight excluding hydrogens is 300 g/mol.